The average molecular weight is 284 g/mol. The number of benzene rings is 1. The number of carbonyl (C=O) groups excluding carboxylic acids is 1. The van der Waals surface area contributed by atoms with Crippen LogP contribution >= 0.6 is 15.9 Å². The van der Waals surface area contributed by atoms with Crippen molar-refractivity contribution in [3.8, 4) is 0 Å². The lowest BCUT2D eigenvalue weighted by molar-refractivity contribution is 0.0371. The molecule has 16 heavy (non-hydrogen) atoms. The molecule has 1 saturated heterocycles. The molecule has 0 bridgehead atoms. The number of hydrogen-bond donors (Lipinski definition) is 0. The molecule has 0 N–H and O–H groups in total. The van der Waals surface area contributed by atoms with Crippen LogP contribution in [0.4, 0.5) is 0 Å². The minimum atomic E-state index is 0.175. The number of hydrogen-bond acceptors (Lipinski definition) is 3. The van der Waals surface area contributed by atoms with Crippen LogP contribution < -0.4 is 0 Å². The smallest absolute Gasteiger partial charge is 0.176 e. The summed E-state index contributed by atoms with van der Waals surface area (Å²) in [6, 6.07) is 7.50. The van der Waals surface area contributed by atoms with Gasteiger partial charge in [0.15, 0.2) is 5.78 Å². The van der Waals surface area contributed by atoms with Gasteiger partial charge < -0.3 is 4.74 Å². The largest absolute Gasteiger partial charge is 0.379 e. The molecular weight excluding hydrogens is 270 g/mol. The van der Waals surface area contributed by atoms with E-state index in [2.05, 4.69) is 20.8 Å². The van der Waals surface area contributed by atoms with Crippen LogP contribution in [0.1, 0.15) is 10.4 Å². The molecule has 0 radical (unpaired) electrons. The lowest BCUT2D eigenvalue weighted by Gasteiger charge is -2.25. The average Bonchev–Trinajstić information content (AvgIpc) is 2.31. The molecule has 1 heterocycles. The van der Waals surface area contributed by atoms with Gasteiger partial charge in [0, 0.05) is 23.1 Å². The summed E-state index contributed by atoms with van der Waals surface area (Å²) in [5.41, 5.74) is 0.773. The van der Waals surface area contributed by atoms with E-state index in [-0.39, 0.29) is 5.78 Å². The highest BCUT2D eigenvalue weighted by Gasteiger charge is 2.15. The first-order valence-electron chi connectivity index (χ1n) is 5.34. The Morgan fingerprint density at radius 3 is 2.50 bits per heavy atom. The van der Waals surface area contributed by atoms with Crippen molar-refractivity contribution in [1.29, 1.82) is 0 Å². The Morgan fingerprint density at radius 1 is 1.25 bits per heavy atom. The van der Waals surface area contributed by atoms with Crippen LogP contribution in [-0.2, 0) is 4.74 Å². The summed E-state index contributed by atoms with van der Waals surface area (Å²) in [5, 5.41) is 0. The van der Waals surface area contributed by atoms with E-state index in [0.29, 0.717) is 6.54 Å². The summed E-state index contributed by atoms with van der Waals surface area (Å²) in [7, 11) is 0. The van der Waals surface area contributed by atoms with Gasteiger partial charge in [-0.3, -0.25) is 9.69 Å². The van der Waals surface area contributed by atoms with Gasteiger partial charge in [-0.05, 0) is 12.1 Å². The van der Waals surface area contributed by atoms with Gasteiger partial charge in [-0.2, -0.15) is 0 Å². The van der Waals surface area contributed by atoms with E-state index in [4.69, 9.17) is 4.74 Å². The molecule has 1 fully saturated rings. The molecule has 1 aliphatic rings. The molecule has 86 valence electrons. The van der Waals surface area contributed by atoms with Crippen molar-refractivity contribution in [2.45, 2.75) is 0 Å². The summed E-state index contributed by atoms with van der Waals surface area (Å²) in [6.45, 7) is 3.65. The zero-order chi connectivity index (χ0) is 11.4. The van der Waals surface area contributed by atoms with Gasteiger partial charge in [0.1, 0.15) is 0 Å². The fourth-order valence-electron chi connectivity index (χ4n) is 1.69. The van der Waals surface area contributed by atoms with E-state index in [9.17, 15) is 4.79 Å². The van der Waals surface area contributed by atoms with Crippen molar-refractivity contribution >= 4 is 21.7 Å². The van der Waals surface area contributed by atoms with Crippen molar-refractivity contribution in [3.63, 3.8) is 0 Å². The topological polar surface area (TPSA) is 29.5 Å². The van der Waals surface area contributed by atoms with Gasteiger partial charge >= 0.3 is 0 Å². The summed E-state index contributed by atoms with van der Waals surface area (Å²) in [6.07, 6.45) is 0. The van der Waals surface area contributed by atoms with E-state index < -0.39 is 0 Å². The zero-order valence-electron chi connectivity index (χ0n) is 8.99. The number of rotatable bonds is 3. The Balaban J connectivity index is 1.94. The molecule has 1 aromatic rings. The van der Waals surface area contributed by atoms with Gasteiger partial charge in [-0.25, -0.2) is 0 Å². The van der Waals surface area contributed by atoms with Gasteiger partial charge in [0.2, 0.25) is 0 Å². The maximum Gasteiger partial charge on any atom is 0.176 e. The number of morpholine rings is 1. The van der Waals surface area contributed by atoms with Gasteiger partial charge in [-0.15, -0.1) is 0 Å². The fourth-order valence-corrected chi connectivity index (χ4v) is 1.95. The van der Waals surface area contributed by atoms with E-state index in [1.807, 2.05) is 24.3 Å². The van der Waals surface area contributed by atoms with E-state index in [0.717, 1.165) is 36.3 Å². The quantitative estimate of drug-likeness (QED) is 0.795. The minimum absolute atomic E-state index is 0.175. The summed E-state index contributed by atoms with van der Waals surface area (Å²) in [4.78, 5) is 14.1. The first-order chi connectivity index (χ1) is 7.75. The molecule has 1 aromatic carbocycles. The second kappa shape index (κ2) is 5.57. The maximum absolute atomic E-state index is 11.9. The number of ketones is 1. The Bertz CT molecular complexity index is 358. The molecule has 0 aromatic heterocycles. The van der Waals surface area contributed by atoms with E-state index in [1.54, 1.807) is 0 Å². The predicted octanol–water partition coefficient (Wildman–Crippen LogP) is 1.96. The van der Waals surface area contributed by atoms with Crippen LogP contribution in [-0.4, -0.2) is 43.5 Å². The van der Waals surface area contributed by atoms with Crippen LogP contribution in [0.25, 0.3) is 0 Å². The lowest BCUT2D eigenvalue weighted by Crippen LogP contribution is -2.39. The standard InChI is InChI=1S/C12H14BrNO2/c13-11-3-1-10(2-4-11)12(15)9-14-5-7-16-8-6-14/h1-4H,5-9H2. The number of Topliss-reactive ketones (excluding diaryl/α,β-unsaturated/α-hetero) is 1. The molecule has 0 amide bonds. The molecule has 0 atom stereocenters. The number of ether oxygens (including phenoxy) is 1. The molecule has 0 saturated carbocycles. The molecule has 0 unspecified atom stereocenters. The third-order valence-corrected chi connectivity index (χ3v) is 3.17. The minimum Gasteiger partial charge on any atom is -0.379 e. The molecule has 4 heteroatoms. The third-order valence-electron chi connectivity index (χ3n) is 2.64. The molecule has 2 rings (SSSR count). The SMILES string of the molecule is O=C(CN1CCOCC1)c1ccc(Br)cc1. The first-order valence-corrected chi connectivity index (χ1v) is 6.14. The first kappa shape index (κ1) is 11.8. The van der Waals surface area contributed by atoms with E-state index >= 15 is 0 Å². The lowest BCUT2D eigenvalue weighted by atomic mass is 10.1. The van der Waals surface area contributed by atoms with Crippen molar-refractivity contribution in [2.24, 2.45) is 0 Å². The van der Waals surface area contributed by atoms with Crippen LogP contribution in [0.5, 0.6) is 0 Å². The molecule has 1 aliphatic heterocycles. The van der Waals surface area contributed by atoms with Crippen LogP contribution in [0.15, 0.2) is 28.7 Å². The highest BCUT2D eigenvalue weighted by Crippen LogP contribution is 2.11. The second-order valence-corrected chi connectivity index (χ2v) is 4.73. The van der Waals surface area contributed by atoms with E-state index in [1.165, 1.54) is 0 Å². The highest BCUT2D eigenvalue weighted by atomic mass is 79.9. The second-order valence-electron chi connectivity index (χ2n) is 3.82. The van der Waals surface area contributed by atoms with Crippen molar-refractivity contribution < 1.29 is 9.53 Å². The van der Waals surface area contributed by atoms with Crippen molar-refractivity contribution in [2.75, 3.05) is 32.8 Å². The molecule has 3 nitrogen and oxygen atoms in total. The van der Waals surface area contributed by atoms with Crippen molar-refractivity contribution in [1.82, 2.24) is 4.90 Å². The molecule has 0 aliphatic carbocycles. The third kappa shape index (κ3) is 3.14. The monoisotopic (exact) mass is 283 g/mol. The van der Waals surface area contributed by atoms with Crippen LogP contribution in [0.2, 0.25) is 0 Å². The zero-order valence-corrected chi connectivity index (χ0v) is 10.6. The number of nitrogens with zero attached hydrogens (tertiary/aromatic N) is 1. The van der Waals surface area contributed by atoms with Gasteiger partial charge in [0.05, 0.1) is 19.8 Å². The summed E-state index contributed by atoms with van der Waals surface area (Å²) < 4.78 is 6.24. The van der Waals surface area contributed by atoms with Crippen LogP contribution in [0.3, 0.4) is 0 Å². The summed E-state index contributed by atoms with van der Waals surface area (Å²) >= 11 is 3.35. The van der Waals surface area contributed by atoms with Gasteiger partial charge in [-0.1, -0.05) is 28.1 Å². The molecule has 0 spiro atoms. The Labute approximate surface area is 104 Å². The van der Waals surface area contributed by atoms with Gasteiger partial charge in [0.25, 0.3) is 0 Å². The maximum atomic E-state index is 11.9. The highest BCUT2D eigenvalue weighted by molar-refractivity contribution is 9.10. The number of carbonyl (C=O) groups is 1. The normalized spacial score (nSPS) is 17.3. The number of halogens is 1. The Hall–Kier alpha value is -0.710. The Morgan fingerprint density at radius 2 is 1.88 bits per heavy atom. The summed E-state index contributed by atoms with van der Waals surface area (Å²) in [5.74, 6) is 0.175. The Kier molecular flexibility index (Phi) is 4.09. The molecular formula is C12H14BrNO2. The van der Waals surface area contributed by atoms with Crippen LogP contribution in [0, 0.1) is 0 Å². The fraction of sp³-hybridized carbons (Fsp3) is 0.417. The predicted molar refractivity (Wildman–Crippen MR) is 65.7 cm³/mol. The van der Waals surface area contributed by atoms with Crippen molar-refractivity contribution in [3.05, 3.63) is 34.3 Å².